The first-order valence-corrected chi connectivity index (χ1v) is 21.9. The number of likely N-dealkylation sites (N-methyl/N-ethyl adjacent to an activating group) is 1. The van der Waals surface area contributed by atoms with Crippen molar-refractivity contribution in [3.05, 3.63) is 48.6 Å². The number of unbranched alkanes of at least 4 members (excludes halogenated alkanes) is 14. The molecule has 0 saturated heterocycles. The zero-order chi connectivity index (χ0) is 38.6. The number of esters is 2. The number of phosphoric ester groups is 1. The normalized spacial score (nSPS) is 14.2. The Morgan fingerprint density at radius 3 is 1.62 bits per heavy atom. The third-order valence-corrected chi connectivity index (χ3v) is 9.32. The van der Waals surface area contributed by atoms with E-state index in [1.54, 1.807) is 0 Å². The maximum absolute atomic E-state index is 12.6. The van der Waals surface area contributed by atoms with Gasteiger partial charge in [-0.05, 0) is 70.6 Å². The van der Waals surface area contributed by atoms with E-state index in [0.29, 0.717) is 23.9 Å². The van der Waals surface area contributed by atoms with Gasteiger partial charge in [-0.15, -0.1) is 0 Å². The van der Waals surface area contributed by atoms with Gasteiger partial charge >= 0.3 is 19.8 Å². The fraction of sp³-hybridized carbons (Fsp3) is 0.762. The summed E-state index contributed by atoms with van der Waals surface area (Å²) < 4.78 is 34.2. The Hall–Kier alpha value is -2.03. The van der Waals surface area contributed by atoms with Gasteiger partial charge in [0, 0.05) is 12.8 Å². The lowest BCUT2D eigenvalue weighted by Gasteiger charge is -2.24. The molecule has 52 heavy (non-hydrogen) atoms. The predicted molar refractivity (Wildman–Crippen MR) is 215 cm³/mol. The molecule has 0 aliphatic rings. The molecule has 9 nitrogen and oxygen atoms in total. The Kier molecular flexibility index (Phi) is 33.4. The monoisotopic (exact) mass is 755 g/mol. The Bertz CT molecular complexity index is 1030. The van der Waals surface area contributed by atoms with Crippen LogP contribution in [0.4, 0.5) is 0 Å². The molecule has 2 atom stereocenters. The van der Waals surface area contributed by atoms with E-state index in [2.05, 4.69) is 62.5 Å². The molecule has 0 aliphatic carbocycles. The molecule has 302 valence electrons. The first-order chi connectivity index (χ1) is 25.0. The van der Waals surface area contributed by atoms with E-state index < -0.39 is 32.5 Å². The molecular weight excluding hydrogens is 677 g/mol. The summed E-state index contributed by atoms with van der Waals surface area (Å²) in [6.45, 7) is 4.30. The quantitative estimate of drug-likeness (QED) is 0.0221. The second-order valence-electron chi connectivity index (χ2n) is 14.7. The van der Waals surface area contributed by atoms with E-state index >= 15 is 0 Å². The van der Waals surface area contributed by atoms with Crippen LogP contribution in [-0.2, 0) is 32.7 Å². The summed E-state index contributed by atoms with van der Waals surface area (Å²) in [4.78, 5) is 35.2. The lowest BCUT2D eigenvalue weighted by molar-refractivity contribution is -0.870. The van der Waals surface area contributed by atoms with Crippen LogP contribution in [0.15, 0.2) is 48.6 Å². The first kappa shape index (κ1) is 50.0. The number of quaternary nitrogens is 1. The van der Waals surface area contributed by atoms with Crippen LogP contribution >= 0.6 is 7.82 Å². The molecule has 0 fully saturated rings. The molecule has 0 aromatic carbocycles. The van der Waals surface area contributed by atoms with Crippen LogP contribution in [0.2, 0.25) is 0 Å². The second kappa shape index (κ2) is 34.7. The largest absolute Gasteiger partial charge is 0.472 e. The number of phosphoric acid groups is 1. The highest BCUT2D eigenvalue weighted by molar-refractivity contribution is 7.47. The zero-order valence-corrected chi connectivity index (χ0v) is 34.7. The van der Waals surface area contributed by atoms with Crippen molar-refractivity contribution in [1.82, 2.24) is 0 Å². The Labute approximate surface area is 318 Å². The molecule has 0 radical (unpaired) electrons. The lowest BCUT2D eigenvalue weighted by Crippen LogP contribution is -2.37. The molecular formula is C42H77NO8P+. The minimum Gasteiger partial charge on any atom is -0.462 e. The number of rotatable bonds is 36. The molecule has 0 heterocycles. The lowest BCUT2D eigenvalue weighted by atomic mass is 10.1. The van der Waals surface area contributed by atoms with Crippen molar-refractivity contribution >= 4 is 19.8 Å². The molecule has 0 amide bonds. The van der Waals surface area contributed by atoms with Crippen LogP contribution in [0.3, 0.4) is 0 Å². The highest BCUT2D eigenvalue weighted by Crippen LogP contribution is 2.43. The van der Waals surface area contributed by atoms with E-state index in [9.17, 15) is 19.0 Å². The molecule has 0 rings (SSSR count). The summed E-state index contributed by atoms with van der Waals surface area (Å²) in [7, 11) is 1.45. The summed E-state index contributed by atoms with van der Waals surface area (Å²) in [5.41, 5.74) is 0. The highest BCUT2D eigenvalue weighted by Gasteiger charge is 2.27. The minimum atomic E-state index is -4.38. The van der Waals surface area contributed by atoms with Crippen molar-refractivity contribution in [2.24, 2.45) is 0 Å². The molecule has 0 aromatic heterocycles. The van der Waals surface area contributed by atoms with Crippen LogP contribution in [-0.4, -0.2) is 74.9 Å². The zero-order valence-electron chi connectivity index (χ0n) is 33.8. The number of nitrogens with zero attached hydrogens (tertiary/aromatic N) is 1. The molecule has 0 saturated carbocycles. The maximum atomic E-state index is 12.6. The van der Waals surface area contributed by atoms with Gasteiger partial charge < -0.3 is 18.9 Å². The Balaban J connectivity index is 4.44. The van der Waals surface area contributed by atoms with Crippen molar-refractivity contribution in [2.75, 3.05) is 47.5 Å². The number of carbonyl (C=O) groups excluding carboxylic acids is 2. The van der Waals surface area contributed by atoms with Crippen LogP contribution in [0.5, 0.6) is 0 Å². The molecule has 1 unspecified atom stereocenters. The minimum absolute atomic E-state index is 0.0247. The topological polar surface area (TPSA) is 108 Å². The number of ether oxygens (including phenoxy) is 2. The molecule has 10 heteroatoms. The Morgan fingerprint density at radius 2 is 1.06 bits per heavy atom. The standard InChI is InChI=1S/C42H76NO8P/c1-6-8-10-12-14-16-18-19-20-21-22-23-25-26-28-30-32-34-41(44)48-38-40(39-50-52(46,47)49-37-36-43(3,4)5)51-42(45)35-33-31-29-27-24-17-15-13-11-9-7-2/h13-16,19-20,22-23,40H,6-12,17-18,21,24-39H2,1-5H3/p+1/b15-13+,16-14+,20-19+,23-22+/t40-/m0/s1. The summed E-state index contributed by atoms with van der Waals surface area (Å²) >= 11 is 0. The van der Waals surface area contributed by atoms with Gasteiger partial charge in [-0.1, -0.05) is 120 Å². The smallest absolute Gasteiger partial charge is 0.462 e. The average molecular weight is 755 g/mol. The average Bonchev–Trinajstić information content (AvgIpc) is 3.09. The van der Waals surface area contributed by atoms with Gasteiger partial charge in [0.05, 0.1) is 27.7 Å². The van der Waals surface area contributed by atoms with E-state index in [4.69, 9.17) is 18.5 Å². The van der Waals surface area contributed by atoms with Gasteiger partial charge in [0.1, 0.15) is 19.8 Å². The third-order valence-electron chi connectivity index (χ3n) is 8.33. The van der Waals surface area contributed by atoms with Crippen molar-refractivity contribution in [1.29, 1.82) is 0 Å². The van der Waals surface area contributed by atoms with Gasteiger partial charge in [-0.3, -0.25) is 18.6 Å². The highest BCUT2D eigenvalue weighted by atomic mass is 31.2. The molecule has 0 aliphatic heterocycles. The fourth-order valence-electron chi connectivity index (χ4n) is 5.06. The number of hydrogen-bond acceptors (Lipinski definition) is 7. The van der Waals surface area contributed by atoms with Crippen molar-refractivity contribution in [3.63, 3.8) is 0 Å². The second-order valence-corrected chi connectivity index (χ2v) is 16.1. The van der Waals surface area contributed by atoms with Crippen LogP contribution in [0, 0.1) is 0 Å². The van der Waals surface area contributed by atoms with E-state index in [-0.39, 0.29) is 26.1 Å². The third kappa shape index (κ3) is 37.7. The SMILES string of the molecule is CCCC/C=C/CCCCCCCC(=O)O[C@@H](COC(=O)CCCCCC/C=C/C/C=C/C/C=C/CCCCC)COP(=O)(O)OCC[N+](C)(C)C. The maximum Gasteiger partial charge on any atom is 0.472 e. The van der Waals surface area contributed by atoms with E-state index in [1.165, 1.54) is 38.5 Å². The van der Waals surface area contributed by atoms with Crippen molar-refractivity contribution in [3.8, 4) is 0 Å². The van der Waals surface area contributed by atoms with E-state index in [0.717, 1.165) is 77.0 Å². The van der Waals surface area contributed by atoms with Crippen LogP contribution in [0.25, 0.3) is 0 Å². The Morgan fingerprint density at radius 1 is 0.596 bits per heavy atom. The summed E-state index contributed by atoms with van der Waals surface area (Å²) in [5.74, 6) is -0.840. The van der Waals surface area contributed by atoms with Crippen molar-refractivity contribution < 1.29 is 42.1 Å². The van der Waals surface area contributed by atoms with Crippen molar-refractivity contribution in [2.45, 2.75) is 161 Å². The summed E-state index contributed by atoms with van der Waals surface area (Å²) in [6, 6.07) is 0. The first-order valence-electron chi connectivity index (χ1n) is 20.4. The fourth-order valence-corrected chi connectivity index (χ4v) is 5.80. The van der Waals surface area contributed by atoms with Gasteiger partial charge in [-0.25, -0.2) is 4.57 Å². The number of allylic oxidation sites excluding steroid dienone is 8. The summed E-state index contributed by atoms with van der Waals surface area (Å²) in [6.07, 6.45) is 38.7. The van der Waals surface area contributed by atoms with Crippen LogP contribution in [0.1, 0.15) is 155 Å². The number of hydrogen-bond donors (Lipinski definition) is 1. The molecule has 0 aromatic rings. The van der Waals surface area contributed by atoms with E-state index in [1.807, 2.05) is 21.1 Å². The van der Waals surface area contributed by atoms with Gasteiger partial charge in [0.25, 0.3) is 0 Å². The molecule has 1 N–H and O–H groups in total. The number of carbonyl (C=O) groups is 2. The van der Waals surface area contributed by atoms with Crippen LogP contribution < -0.4 is 0 Å². The molecule has 0 spiro atoms. The van der Waals surface area contributed by atoms with Gasteiger partial charge in [0.2, 0.25) is 0 Å². The summed E-state index contributed by atoms with van der Waals surface area (Å²) in [5, 5.41) is 0. The van der Waals surface area contributed by atoms with Gasteiger partial charge in [0.15, 0.2) is 6.10 Å². The predicted octanol–water partition coefficient (Wildman–Crippen LogP) is 11.1. The van der Waals surface area contributed by atoms with Gasteiger partial charge in [-0.2, -0.15) is 0 Å². The molecule has 0 bridgehead atoms.